The van der Waals surface area contributed by atoms with E-state index < -0.39 is 0 Å². The number of hydrogen-bond donors (Lipinski definition) is 1. The summed E-state index contributed by atoms with van der Waals surface area (Å²) in [5.41, 5.74) is 1.08. The minimum atomic E-state index is -0.307. The molecule has 0 fully saturated rings. The lowest BCUT2D eigenvalue weighted by Crippen LogP contribution is -2.03. The number of aliphatic hydroxyl groups excluding tert-OH is 1. The lowest BCUT2D eigenvalue weighted by atomic mass is 10.1. The van der Waals surface area contributed by atoms with Gasteiger partial charge >= 0.3 is 0 Å². The molecular formula is C9H10BrClO. The van der Waals surface area contributed by atoms with Crippen LogP contribution < -0.4 is 0 Å². The van der Waals surface area contributed by atoms with E-state index in [4.69, 9.17) is 16.7 Å². The van der Waals surface area contributed by atoms with Gasteiger partial charge in [0.1, 0.15) is 0 Å². The lowest BCUT2D eigenvalue weighted by molar-refractivity contribution is 0.195. The third-order valence-electron chi connectivity index (χ3n) is 1.52. The summed E-state index contributed by atoms with van der Waals surface area (Å²) in [6.45, 7) is 1.77. The zero-order chi connectivity index (χ0) is 9.14. The van der Waals surface area contributed by atoms with E-state index in [1.54, 1.807) is 6.92 Å². The molecule has 1 rings (SSSR count). The minimum absolute atomic E-state index is 0.307. The molecular weight excluding hydrogens is 239 g/mol. The van der Waals surface area contributed by atoms with Gasteiger partial charge in [0.25, 0.3) is 0 Å². The predicted octanol–water partition coefficient (Wildman–Crippen LogP) is 3.03. The summed E-state index contributed by atoms with van der Waals surface area (Å²) in [6, 6.07) is 5.66. The second-order valence-corrected chi connectivity index (χ2v) is 4.06. The summed E-state index contributed by atoms with van der Waals surface area (Å²) in [7, 11) is 0. The quantitative estimate of drug-likeness (QED) is 0.854. The smallest absolute Gasteiger partial charge is 0.0552 e. The van der Waals surface area contributed by atoms with Crippen molar-refractivity contribution in [1.82, 2.24) is 0 Å². The van der Waals surface area contributed by atoms with E-state index in [9.17, 15) is 0 Å². The van der Waals surface area contributed by atoms with Gasteiger partial charge in [-0.25, -0.2) is 0 Å². The summed E-state index contributed by atoms with van der Waals surface area (Å²) in [6.07, 6.45) is 0.355. The van der Waals surface area contributed by atoms with Gasteiger partial charge in [0.2, 0.25) is 0 Å². The summed E-state index contributed by atoms with van der Waals surface area (Å²) in [4.78, 5) is 0. The molecule has 0 saturated carbocycles. The molecule has 1 N–H and O–H groups in total. The van der Waals surface area contributed by atoms with Crippen LogP contribution in [0.2, 0.25) is 5.02 Å². The van der Waals surface area contributed by atoms with Gasteiger partial charge in [0.15, 0.2) is 0 Å². The van der Waals surface area contributed by atoms with E-state index in [-0.39, 0.29) is 6.10 Å². The van der Waals surface area contributed by atoms with Crippen LogP contribution in [0.3, 0.4) is 0 Å². The third kappa shape index (κ3) is 2.77. The van der Waals surface area contributed by atoms with Crippen LogP contribution >= 0.6 is 27.5 Å². The Hall–Kier alpha value is -0.0500. The van der Waals surface area contributed by atoms with Gasteiger partial charge in [-0.3, -0.25) is 0 Å². The number of halogens is 2. The molecule has 0 aliphatic carbocycles. The van der Waals surface area contributed by atoms with Crippen molar-refractivity contribution in [2.45, 2.75) is 19.4 Å². The van der Waals surface area contributed by atoms with E-state index in [1.807, 2.05) is 18.2 Å². The van der Waals surface area contributed by atoms with Crippen molar-refractivity contribution in [3.63, 3.8) is 0 Å². The van der Waals surface area contributed by atoms with Crippen molar-refractivity contribution in [2.24, 2.45) is 0 Å². The summed E-state index contributed by atoms with van der Waals surface area (Å²) in [5.74, 6) is 0. The molecule has 1 aromatic carbocycles. The maximum atomic E-state index is 9.12. The Labute approximate surface area is 85.5 Å². The van der Waals surface area contributed by atoms with Gasteiger partial charge in [-0.2, -0.15) is 0 Å². The van der Waals surface area contributed by atoms with Crippen LogP contribution in [0.1, 0.15) is 12.5 Å². The molecule has 0 amide bonds. The van der Waals surface area contributed by atoms with E-state index in [0.717, 1.165) is 10.0 Å². The molecule has 0 unspecified atom stereocenters. The molecule has 0 saturated heterocycles. The molecule has 1 nitrogen and oxygen atoms in total. The number of hydrogen-bond acceptors (Lipinski definition) is 1. The zero-order valence-electron chi connectivity index (χ0n) is 6.72. The van der Waals surface area contributed by atoms with Crippen LogP contribution in [-0.2, 0) is 6.42 Å². The average Bonchev–Trinajstić information content (AvgIpc) is 1.96. The van der Waals surface area contributed by atoms with Crippen molar-refractivity contribution in [3.05, 3.63) is 33.3 Å². The first-order chi connectivity index (χ1) is 5.59. The van der Waals surface area contributed by atoms with Crippen molar-refractivity contribution in [1.29, 1.82) is 0 Å². The molecule has 0 heterocycles. The maximum absolute atomic E-state index is 9.12. The second kappa shape index (κ2) is 4.26. The van der Waals surface area contributed by atoms with E-state index in [0.29, 0.717) is 11.4 Å². The van der Waals surface area contributed by atoms with Crippen LogP contribution in [-0.4, -0.2) is 11.2 Å². The highest BCUT2D eigenvalue weighted by molar-refractivity contribution is 9.10. The molecule has 0 aromatic heterocycles. The van der Waals surface area contributed by atoms with E-state index >= 15 is 0 Å². The highest BCUT2D eigenvalue weighted by atomic mass is 79.9. The Bertz CT molecular complexity index is 273. The standard InChI is InChI=1S/C9H10BrClO/c1-6(12)4-7-2-3-9(11)8(10)5-7/h2-3,5-6,12H,4H2,1H3/t6-/m0/s1. The number of benzene rings is 1. The van der Waals surface area contributed by atoms with Crippen LogP contribution in [0.15, 0.2) is 22.7 Å². The number of rotatable bonds is 2. The fourth-order valence-electron chi connectivity index (χ4n) is 1.01. The molecule has 0 aliphatic heterocycles. The molecule has 1 atom stereocenters. The molecule has 0 radical (unpaired) electrons. The molecule has 3 heteroatoms. The van der Waals surface area contributed by atoms with Gasteiger partial charge in [0, 0.05) is 4.47 Å². The zero-order valence-corrected chi connectivity index (χ0v) is 9.06. The van der Waals surface area contributed by atoms with Crippen LogP contribution in [0.25, 0.3) is 0 Å². The molecule has 66 valence electrons. The first kappa shape index (κ1) is 10.0. The Morgan fingerprint density at radius 1 is 1.58 bits per heavy atom. The van der Waals surface area contributed by atoms with Gasteiger partial charge in [-0.05, 0) is 47.0 Å². The molecule has 0 spiro atoms. The van der Waals surface area contributed by atoms with Crippen LogP contribution in [0.5, 0.6) is 0 Å². The third-order valence-corrected chi connectivity index (χ3v) is 2.73. The Balaban J connectivity index is 2.82. The van der Waals surface area contributed by atoms with E-state index in [1.165, 1.54) is 0 Å². The summed E-state index contributed by atoms with van der Waals surface area (Å²) < 4.78 is 0.877. The van der Waals surface area contributed by atoms with Gasteiger partial charge in [-0.1, -0.05) is 17.7 Å². The number of aliphatic hydroxyl groups is 1. The highest BCUT2D eigenvalue weighted by Crippen LogP contribution is 2.23. The largest absolute Gasteiger partial charge is 0.393 e. The lowest BCUT2D eigenvalue weighted by Gasteiger charge is -2.05. The molecule has 1 aromatic rings. The minimum Gasteiger partial charge on any atom is -0.393 e. The average molecular weight is 250 g/mol. The molecule has 0 aliphatic rings. The SMILES string of the molecule is C[C@H](O)Cc1ccc(Cl)c(Br)c1. The predicted molar refractivity (Wildman–Crippen MR) is 54.5 cm³/mol. The fraction of sp³-hybridized carbons (Fsp3) is 0.333. The van der Waals surface area contributed by atoms with Gasteiger partial charge in [-0.15, -0.1) is 0 Å². The Kier molecular flexibility index (Phi) is 3.56. The van der Waals surface area contributed by atoms with Crippen molar-refractivity contribution < 1.29 is 5.11 Å². The molecule has 12 heavy (non-hydrogen) atoms. The van der Waals surface area contributed by atoms with Crippen LogP contribution in [0, 0.1) is 0 Å². The maximum Gasteiger partial charge on any atom is 0.0552 e. The topological polar surface area (TPSA) is 20.2 Å². The van der Waals surface area contributed by atoms with Crippen molar-refractivity contribution >= 4 is 27.5 Å². The Morgan fingerprint density at radius 2 is 2.25 bits per heavy atom. The fourth-order valence-corrected chi connectivity index (χ4v) is 1.55. The first-order valence-electron chi connectivity index (χ1n) is 3.71. The summed E-state index contributed by atoms with van der Waals surface area (Å²) in [5, 5.41) is 9.82. The van der Waals surface area contributed by atoms with Crippen LogP contribution in [0.4, 0.5) is 0 Å². The monoisotopic (exact) mass is 248 g/mol. The molecule has 0 bridgehead atoms. The normalized spacial score (nSPS) is 13.0. The van der Waals surface area contributed by atoms with Crippen molar-refractivity contribution in [3.8, 4) is 0 Å². The van der Waals surface area contributed by atoms with E-state index in [2.05, 4.69) is 15.9 Å². The summed E-state index contributed by atoms with van der Waals surface area (Å²) >= 11 is 9.13. The highest BCUT2D eigenvalue weighted by Gasteiger charge is 2.01. The Morgan fingerprint density at radius 3 is 2.75 bits per heavy atom. The van der Waals surface area contributed by atoms with Crippen molar-refractivity contribution in [2.75, 3.05) is 0 Å². The van der Waals surface area contributed by atoms with Gasteiger partial charge < -0.3 is 5.11 Å². The second-order valence-electron chi connectivity index (χ2n) is 2.80. The first-order valence-corrected chi connectivity index (χ1v) is 4.88. The van der Waals surface area contributed by atoms with Gasteiger partial charge in [0.05, 0.1) is 11.1 Å².